The molecule has 1 aromatic carbocycles. The fourth-order valence-corrected chi connectivity index (χ4v) is 2.42. The summed E-state index contributed by atoms with van der Waals surface area (Å²) in [4.78, 5) is 18.0. The molecule has 0 amide bonds. The minimum atomic E-state index is -0.111. The van der Waals surface area contributed by atoms with E-state index >= 15 is 0 Å². The molecule has 2 N–H and O–H groups in total. The first-order valence-electron chi connectivity index (χ1n) is 5.12. The highest BCUT2D eigenvalue weighted by Gasteiger charge is 2.02. The molecule has 17 heavy (non-hydrogen) atoms. The second kappa shape index (κ2) is 4.03. The molecule has 0 aliphatic rings. The molecule has 3 aromatic rings. The number of thiazole rings is 1. The summed E-state index contributed by atoms with van der Waals surface area (Å²) in [5, 5.41) is 3.98. The van der Waals surface area contributed by atoms with Gasteiger partial charge >= 0.3 is 0 Å². The summed E-state index contributed by atoms with van der Waals surface area (Å²) < 4.78 is 1.14. The van der Waals surface area contributed by atoms with Gasteiger partial charge in [0.1, 0.15) is 0 Å². The molecule has 0 aliphatic carbocycles. The Morgan fingerprint density at radius 2 is 2.06 bits per heavy atom. The smallest absolute Gasteiger partial charge is 0.248 e. The zero-order chi connectivity index (χ0) is 11.7. The monoisotopic (exact) mass is 243 g/mol. The van der Waals surface area contributed by atoms with Crippen molar-refractivity contribution in [2.24, 2.45) is 0 Å². The maximum absolute atomic E-state index is 10.9. The van der Waals surface area contributed by atoms with Gasteiger partial charge in [-0.3, -0.25) is 4.79 Å². The van der Waals surface area contributed by atoms with Gasteiger partial charge in [-0.15, -0.1) is 0 Å². The number of fused-ring (bicyclic) bond motifs is 1. The lowest BCUT2D eigenvalue weighted by Gasteiger charge is -1.99. The van der Waals surface area contributed by atoms with Crippen molar-refractivity contribution in [3.05, 3.63) is 52.9 Å². The maximum Gasteiger partial charge on any atom is 0.248 e. The predicted molar refractivity (Wildman–Crippen MR) is 70.0 cm³/mol. The molecule has 2 heterocycles. The average molecular weight is 243 g/mol. The first-order valence-corrected chi connectivity index (χ1v) is 5.94. The zero-order valence-electron chi connectivity index (χ0n) is 8.81. The number of aromatic nitrogens is 2. The Balaban J connectivity index is 1.94. The van der Waals surface area contributed by atoms with Crippen LogP contribution >= 0.6 is 11.3 Å². The summed E-state index contributed by atoms with van der Waals surface area (Å²) in [6, 6.07) is 11.2. The summed E-state index contributed by atoms with van der Waals surface area (Å²) in [5.41, 5.74) is 1.69. The molecule has 0 aliphatic heterocycles. The average Bonchev–Trinajstić information content (AvgIpc) is 2.74. The van der Waals surface area contributed by atoms with E-state index in [1.165, 1.54) is 6.07 Å². The number of nitrogens with one attached hydrogen (secondary N) is 2. The van der Waals surface area contributed by atoms with Gasteiger partial charge in [0.05, 0.1) is 15.9 Å². The Kier molecular flexibility index (Phi) is 2.38. The van der Waals surface area contributed by atoms with E-state index in [9.17, 15) is 4.79 Å². The molecule has 4 nitrogen and oxygen atoms in total. The molecule has 2 aromatic heterocycles. The number of rotatable bonds is 2. The second-order valence-corrected chi connectivity index (χ2v) is 4.58. The molecule has 0 radical (unpaired) electrons. The number of anilines is 2. The fraction of sp³-hybridized carbons (Fsp3) is 0. The molecule has 0 atom stereocenters. The normalized spacial score (nSPS) is 10.6. The van der Waals surface area contributed by atoms with Crippen molar-refractivity contribution in [2.45, 2.75) is 0 Å². The topological polar surface area (TPSA) is 57.8 Å². The highest BCUT2D eigenvalue weighted by molar-refractivity contribution is 7.22. The third-order valence-corrected chi connectivity index (χ3v) is 3.28. The summed E-state index contributed by atoms with van der Waals surface area (Å²) in [6.07, 6.45) is 1.63. The van der Waals surface area contributed by atoms with Crippen molar-refractivity contribution >= 4 is 32.4 Å². The number of hydrogen-bond acceptors (Lipinski definition) is 4. The Morgan fingerprint density at radius 3 is 2.82 bits per heavy atom. The van der Waals surface area contributed by atoms with Crippen molar-refractivity contribution in [1.82, 2.24) is 9.97 Å². The van der Waals surface area contributed by atoms with Crippen LogP contribution in [-0.2, 0) is 0 Å². The van der Waals surface area contributed by atoms with E-state index in [0.717, 1.165) is 21.0 Å². The van der Waals surface area contributed by atoms with E-state index in [2.05, 4.69) is 15.3 Å². The first kappa shape index (κ1) is 10.0. The van der Waals surface area contributed by atoms with Crippen LogP contribution in [0.4, 0.5) is 10.8 Å². The highest BCUT2D eigenvalue weighted by atomic mass is 32.1. The molecule has 0 saturated carbocycles. The van der Waals surface area contributed by atoms with Crippen LogP contribution in [0.1, 0.15) is 0 Å². The summed E-state index contributed by atoms with van der Waals surface area (Å²) in [6.45, 7) is 0. The number of nitrogens with zero attached hydrogens (tertiary/aromatic N) is 1. The van der Waals surface area contributed by atoms with Crippen molar-refractivity contribution < 1.29 is 0 Å². The van der Waals surface area contributed by atoms with Crippen molar-refractivity contribution in [2.75, 3.05) is 5.32 Å². The highest BCUT2D eigenvalue weighted by Crippen LogP contribution is 2.27. The van der Waals surface area contributed by atoms with Crippen LogP contribution in [-0.4, -0.2) is 9.97 Å². The van der Waals surface area contributed by atoms with Gasteiger partial charge in [-0.25, -0.2) is 4.98 Å². The summed E-state index contributed by atoms with van der Waals surface area (Å²) in [5.74, 6) is 0. The lowest BCUT2D eigenvalue weighted by molar-refractivity contribution is 1.23. The molecule has 0 fully saturated rings. The van der Waals surface area contributed by atoms with Crippen LogP contribution in [0, 0.1) is 0 Å². The predicted octanol–water partition coefficient (Wildman–Crippen LogP) is 2.73. The van der Waals surface area contributed by atoms with E-state index in [1.54, 1.807) is 23.6 Å². The summed E-state index contributed by atoms with van der Waals surface area (Å²) >= 11 is 1.58. The lowest BCUT2D eigenvalue weighted by atomic mass is 10.3. The molecule has 0 saturated heterocycles. The largest absolute Gasteiger partial charge is 0.330 e. The van der Waals surface area contributed by atoms with Crippen LogP contribution in [0.3, 0.4) is 0 Å². The number of H-pyrrole nitrogens is 1. The van der Waals surface area contributed by atoms with Crippen molar-refractivity contribution in [1.29, 1.82) is 0 Å². The Morgan fingerprint density at radius 1 is 1.18 bits per heavy atom. The Labute approximate surface area is 101 Å². The van der Waals surface area contributed by atoms with Gasteiger partial charge in [0.25, 0.3) is 0 Å². The minimum Gasteiger partial charge on any atom is -0.330 e. The number of hydrogen-bond donors (Lipinski definition) is 2. The van der Waals surface area contributed by atoms with Gasteiger partial charge in [0, 0.05) is 12.3 Å². The van der Waals surface area contributed by atoms with Gasteiger partial charge < -0.3 is 10.3 Å². The molecule has 5 heteroatoms. The van der Waals surface area contributed by atoms with E-state index < -0.39 is 0 Å². The quantitative estimate of drug-likeness (QED) is 0.727. The number of pyridine rings is 1. The molecular weight excluding hydrogens is 234 g/mol. The van der Waals surface area contributed by atoms with Crippen LogP contribution in [0.2, 0.25) is 0 Å². The standard InChI is InChI=1S/C12H9N3OS/c16-11-6-5-8(7-13-11)14-12-15-9-3-1-2-4-10(9)17-12/h1-7H,(H,13,16)(H,14,15). The Bertz CT molecular complexity index is 663. The van der Waals surface area contributed by atoms with Crippen LogP contribution in [0.25, 0.3) is 10.2 Å². The van der Waals surface area contributed by atoms with Gasteiger partial charge in [-0.1, -0.05) is 23.5 Å². The SMILES string of the molecule is O=c1ccc(Nc2nc3ccccc3s2)c[nH]1. The molecular formula is C12H9N3OS. The van der Waals surface area contributed by atoms with Gasteiger partial charge in [-0.05, 0) is 18.2 Å². The van der Waals surface area contributed by atoms with Crippen LogP contribution < -0.4 is 10.9 Å². The molecule has 0 bridgehead atoms. The fourth-order valence-electron chi connectivity index (χ4n) is 1.54. The zero-order valence-corrected chi connectivity index (χ0v) is 9.62. The summed E-state index contributed by atoms with van der Waals surface area (Å²) in [7, 11) is 0. The number of para-hydroxylation sites is 1. The van der Waals surface area contributed by atoms with Crippen molar-refractivity contribution in [3.63, 3.8) is 0 Å². The first-order chi connectivity index (χ1) is 8.31. The van der Waals surface area contributed by atoms with Crippen LogP contribution in [0.5, 0.6) is 0 Å². The van der Waals surface area contributed by atoms with Gasteiger partial charge in [-0.2, -0.15) is 0 Å². The van der Waals surface area contributed by atoms with Crippen molar-refractivity contribution in [3.8, 4) is 0 Å². The molecule has 0 unspecified atom stereocenters. The third kappa shape index (κ3) is 2.05. The van der Waals surface area contributed by atoms with E-state index in [-0.39, 0.29) is 5.56 Å². The van der Waals surface area contributed by atoms with E-state index in [1.807, 2.05) is 24.3 Å². The third-order valence-electron chi connectivity index (χ3n) is 2.33. The second-order valence-electron chi connectivity index (χ2n) is 3.55. The van der Waals surface area contributed by atoms with Crippen LogP contribution in [0.15, 0.2) is 47.4 Å². The van der Waals surface area contributed by atoms with E-state index in [4.69, 9.17) is 0 Å². The van der Waals surface area contributed by atoms with E-state index in [0.29, 0.717) is 0 Å². The lowest BCUT2D eigenvalue weighted by Crippen LogP contribution is -2.02. The molecule has 84 valence electrons. The number of benzene rings is 1. The molecule has 3 rings (SSSR count). The van der Waals surface area contributed by atoms with Gasteiger partial charge in [0.2, 0.25) is 5.56 Å². The Hall–Kier alpha value is -2.14. The number of aromatic amines is 1. The van der Waals surface area contributed by atoms with Gasteiger partial charge in [0.15, 0.2) is 5.13 Å². The molecule has 0 spiro atoms. The maximum atomic E-state index is 10.9. The minimum absolute atomic E-state index is 0.111.